The number of anilines is 2. The van der Waals surface area contributed by atoms with Gasteiger partial charge in [-0.15, -0.1) is 0 Å². The minimum absolute atomic E-state index is 0.138. The zero-order valence-electron chi connectivity index (χ0n) is 14.9. The Labute approximate surface area is 157 Å². The Kier molecular flexibility index (Phi) is 4.16. The van der Waals surface area contributed by atoms with Crippen LogP contribution in [0.25, 0.3) is 11.0 Å². The molecule has 0 radical (unpaired) electrons. The number of fused-ring (bicyclic) bond motifs is 2. The third kappa shape index (κ3) is 3.29. The van der Waals surface area contributed by atoms with E-state index in [0.29, 0.717) is 17.1 Å². The summed E-state index contributed by atoms with van der Waals surface area (Å²) in [6.45, 7) is 0. The Balaban J connectivity index is 1.73. The topological polar surface area (TPSA) is 91.7 Å². The third-order valence-electron chi connectivity index (χ3n) is 4.61. The number of benzene rings is 2. The van der Waals surface area contributed by atoms with Gasteiger partial charge in [-0.1, -0.05) is 24.3 Å². The number of para-hydroxylation sites is 1. The van der Waals surface area contributed by atoms with Crippen LogP contribution >= 0.6 is 0 Å². The number of rotatable bonds is 4. The van der Waals surface area contributed by atoms with E-state index in [1.54, 1.807) is 12.1 Å². The van der Waals surface area contributed by atoms with Crippen LogP contribution in [0, 0.1) is 0 Å². The fourth-order valence-electron chi connectivity index (χ4n) is 3.20. The van der Waals surface area contributed by atoms with Gasteiger partial charge in [0.05, 0.1) is 11.6 Å². The lowest BCUT2D eigenvalue weighted by Gasteiger charge is -2.25. The molecule has 0 bridgehead atoms. The van der Waals surface area contributed by atoms with Gasteiger partial charge in [-0.05, 0) is 29.8 Å². The van der Waals surface area contributed by atoms with Crippen molar-refractivity contribution in [2.45, 2.75) is 12.3 Å². The van der Waals surface area contributed by atoms with Gasteiger partial charge in [0.25, 0.3) is 0 Å². The van der Waals surface area contributed by atoms with E-state index in [1.165, 1.54) is 14.1 Å². The van der Waals surface area contributed by atoms with E-state index in [4.69, 9.17) is 4.42 Å². The zero-order valence-corrected chi connectivity index (χ0v) is 15.7. The number of furan rings is 1. The predicted molar refractivity (Wildman–Crippen MR) is 104 cm³/mol. The van der Waals surface area contributed by atoms with Crippen molar-refractivity contribution in [2.75, 3.05) is 24.1 Å². The normalized spacial score (nSPS) is 17.0. The molecule has 0 fully saturated rings. The second kappa shape index (κ2) is 6.40. The van der Waals surface area contributed by atoms with Crippen LogP contribution < -0.4 is 10.0 Å². The maximum Gasteiger partial charge on any atom is 0.301 e. The van der Waals surface area contributed by atoms with Gasteiger partial charge in [0.2, 0.25) is 5.91 Å². The van der Waals surface area contributed by atoms with Gasteiger partial charge in [0.1, 0.15) is 11.3 Å². The van der Waals surface area contributed by atoms with Crippen molar-refractivity contribution in [3.05, 3.63) is 59.9 Å². The van der Waals surface area contributed by atoms with E-state index in [2.05, 4.69) is 10.0 Å². The molecule has 0 saturated heterocycles. The second-order valence-electron chi connectivity index (χ2n) is 6.68. The van der Waals surface area contributed by atoms with Crippen molar-refractivity contribution in [1.82, 2.24) is 4.31 Å². The molecule has 27 heavy (non-hydrogen) atoms. The lowest BCUT2D eigenvalue weighted by Crippen LogP contribution is -2.29. The molecule has 1 aliphatic rings. The van der Waals surface area contributed by atoms with Crippen LogP contribution in [-0.2, 0) is 15.0 Å². The van der Waals surface area contributed by atoms with Crippen molar-refractivity contribution < 1.29 is 17.6 Å². The monoisotopic (exact) mass is 385 g/mol. The summed E-state index contributed by atoms with van der Waals surface area (Å²) in [6.07, 6.45) is 0.273. The van der Waals surface area contributed by atoms with E-state index in [-0.39, 0.29) is 18.2 Å². The van der Waals surface area contributed by atoms with Crippen LogP contribution in [0.15, 0.2) is 52.9 Å². The summed E-state index contributed by atoms with van der Waals surface area (Å²) < 4.78 is 33.6. The lowest BCUT2D eigenvalue weighted by atomic mass is 9.88. The van der Waals surface area contributed by atoms with Gasteiger partial charge < -0.3 is 9.73 Å². The van der Waals surface area contributed by atoms with Gasteiger partial charge in [0, 0.05) is 31.6 Å². The average Bonchev–Trinajstić information content (AvgIpc) is 3.04. The summed E-state index contributed by atoms with van der Waals surface area (Å²) in [5.74, 6) is 0.357. The first-order valence-electron chi connectivity index (χ1n) is 8.46. The maximum absolute atomic E-state index is 12.2. The maximum atomic E-state index is 12.2. The number of carbonyl (C=O) groups is 1. The molecule has 140 valence electrons. The van der Waals surface area contributed by atoms with Crippen LogP contribution in [0.4, 0.5) is 11.4 Å². The SMILES string of the molecule is CN(C)S(=O)(=O)Nc1ccc2c(c1)NC(=O)C[C@H]2c1cc2ccccc2o1. The molecule has 1 amide bonds. The fourth-order valence-corrected chi connectivity index (χ4v) is 3.80. The highest BCUT2D eigenvalue weighted by atomic mass is 32.2. The summed E-state index contributed by atoms with van der Waals surface area (Å²) in [5, 5.41) is 3.80. The molecule has 3 aromatic rings. The summed E-state index contributed by atoms with van der Waals surface area (Å²) in [5.41, 5.74) is 2.63. The Morgan fingerprint density at radius 2 is 1.93 bits per heavy atom. The summed E-state index contributed by atoms with van der Waals surface area (Å²) in [7, 11) is -0.733. The summed E-state index contributed by atoms with van der Waals surface area (Å²) in [6, 6.07) is 14.8. The largest absolute Gasteiger partial charge is 0.460 e. The molecule has 2 aromatic carbocycles. The molecular weight excluding hydrogens is 366 g/mol. The first kappa shape index (κ1) is 17.6. The number of hydrogen-bond acceptors (Lipinski definition) is 4. The van der Waals surface area contributed by atoms with Crippen molar-refractivity contribution in [2.24, 2.45) is 0 Å². The van der Waals surface area contributed by atoms with E-state index in [0.717, 1.165) is 20.8 Å². The van der Waals surface area contributed by atoms with Gasteiger partial charge in [-0.2, -0.15) is 12.7 Å². The van der Waals surface area contributed by atoms with Crippen LogP contribution in [0.2, 0.25) is 0 Å². The second-order valence-corrected chi connectivity index (χ2v) is 8.57. The summed E-state index contributed by atoms with van der Waals surface area (Å²) in [4.78, 5) is 12.2. The van der Waals surface area contributed by atoms with Crippen LogP contribution in [0.1, 0.15) is 23.7 Å². The Hall–Kier alpha value is -2.84. The van der Waals surface area contributed by atoms with Crippen molar-refractivity contribution in [3.8, 4) is 0 Å². The highest BCUT2D eigenvalue weighted by Gasteiger charge is 2.29. The minimum atomic E-state index is -3.62. The molecule has 0 spiro atoms. The van der Waals surface area contributed by atoms with Crippen molar-refractivity contribution >= 4 is 38.5 Å². The molecule has 2 N–H and O–H groups in total. The highest BCUT2D eigenvalue weighted by molar-refractivity contribution is 7.90. The molecule has 1 aliphatic heterocycles. The molecule has 0 aliphatic carbocycles. The standard InChI is InChI=1S/C19H19N3O4S/c1-22(2)27(24,25)21-13-7-8-14-15(11-19(23)20-16(14)10-13)18-9-12-5-3-4-6-17(12)26-18/h3-10,15,21H,11H2,1-2H3,(H,20,23)/t15-/m1/s1. The molecule has 1 atom stereocenters. The Morgan fingerprint density at radius 1 is 1.15 bits per heavy atom. The molecule has 0 unspecified atom stereocenters. The predicted octanol–water partition coefficient (Wildman–Crippen LogP) is 3.13. The van der Waals surface area contributed by atoms with Crippen LogP contribution in [0.5, 0.6) is 0 Å². The first-order chi connectivity index (χ1) is 12.8. The molecule has 7 nitrogen and oxygen atoms in total. The average molecular weight is 385 g/mol. The molecule has 1 aromatic heterocycles. The number of nitrogens with zero attached hydrogens (tertiary/aromatic N) is 1. The van der Waals surface area contributed by atoms with Crippen molar-refractivity contribution in [3.63, 3.8) is 0 Å². The molecule has 4 rings (SSSR count). The van der Waals surface area contributed by atoms with Gasteiger partial charge in [0.15, 0.2) is 0 Å². The highest BCUT2D eigenvalue weighted by Crippen LogP contribution is 2.40. The van der Waals surface area contributed by atoms with Gasteiger partial charge in [-0.3, -0.25) is 9.52 Å². The van der Waals surface area contributed by atoms with Crippen LogP contribution in [-0.4, -0.2) is 32.7 Å². The van der Waals surface area contributed by atoms with Crippen molar-refractivity contribution in [1.29, 1.82) is 0 Å². The molecule has 2 heterocycles. The zero-order chi connectivity index (χ0) is 19.2. The quantitative estimate of drug-likeness (QED) is 0.722. The summed E-state index contributed by atoms with van der Waals surface area (Å²) >= 11 is 0. The number of amides is 1. The van der Waals surface area contributed by atoms with E-state index >= 15 is 0 Å². The molecule has 8 heteroatoms. The van der Waals surface area contributed by atoms with Crippen LogP contribution in [0.3, 0.4) is 0 Å². The smallest absolute Gasteiger partial charge is 0.301 e. The minimum Gasteiger partial charge on any atom is -0.460 e. The van der Waals surface area contributed by atoms with Gasteiger partial charge >= 0.3 is 10.2 Å². The number of hydrogen-bond donors (Lipinski definition) is 2. The van der Waals surface area contributed by atoms with E-state index in [1.807, 2.05) is 36.4 Å². The Bertz CT molecular complexity index is 1100. The third-order valence-corrected chi connectivity index (χ3v) is 6.06. The number of carbonyl (C=O) groups excluding carboxylic acids is 1. The van der Waals surface area contributed by atoms with Gasteiger partial charge in [-0.25, -0.2) is 0 Å². The molecular formula is C19H19N3O4S. The van der Waals surface area contributed by atoms with E-state index in [9.17, 15) is 13.2 Å². The Morgan fingerprint density at radius 3 is 2.67 bits per heavy atom. The first-order valence-corrected chi connectivity index (χ1v) is 9.90. The fraction of sp³-hybridized carbons (Fsp3) is 0.211. The van der Waals surface area contributed by atoms with E-state index < -0.39 is 10.2 Å². The lowest BCUT2D eigenvalue weighted by molar-refractivity contribution is -0.116. The number of nitrogens with one attached hydrogen (secondary N) is 2. The molecule has 0 saturated carbocycles.